The van der Waals surface area contributed by atoms with Crippen molar-refractivity contribution in [2.24, 2.45) is 5.10 Å². The molecule has 0 saturated heterocycles. The summed E-state index contributed by atoms with van der Waals surface area (Å²) in [5.41, 5.74) is 4.79. The van der Waals surface area contributed by atoms with Crippen molar-refractivity contribution in [1.82, 2.24) is 4.98 Å². The second kappa shape index (κ2) is 7.96. The van der Waals surface area contributed by atoms with Crippen molar-refractivity contribution in [3.63, 3.8) is 0 Å². The van der Waals surface area contributed by atoms with Crippen LogP contribution in [0.4, 0.5) is 5.13 Å². The number of thiazole rings is 1. The number of fused-ring (bicyclic) bond motifs is 1. The summed E-state index contributed by atoms with van der Waals surface area (Å²) < 4.78 is 6.79. The Morgan fingerprint density at radius 2 is 1.56 bits per heavy atom. The molecule has 0 unspecified atom stereocenters. The van der Waals surface area contributed by atoms with Crippen molar-refractivity contribution in [3.05, 3.63) is 82.3 Å². The van der Waals surface area contributed by atoms with Gasteiger partial charge in [-0.3, -0.25) is 5.43 Å². The summed E-state index contributed by atoms with van der Waals surface area (Å²) in [6.45, 7) is 0. The molecule has 0 radical (unpaired) electrons. The first-order valence-electron chi connectivity index (χ1n) is 8.04. The Morgan fingerprint density at radius 3 is 2.30 bits per heavy atom. The van der Waals surface area contributed by atoms with E-state index in [0.717, 1.165) is 27.3 Å². The standard InChI is InChI=1S/C20H13Cl2N3OS/c21-14-3-8-17(9-4-14)26-16-6-1-13(2-7-16)12-23-25-20-24-18-10-5-15(22)11-19(18)27-20/h1-12H,(H,24,25)/b23-12-. The van der Waals surface area contributed by atoms with Gasteiger partial charge in [0, 0.05) is 10.0 Å². The zero-order valence-electron chi connectivity index (χ0n) is 13.9. The van der Waals surface area contributed by atoms with Crippen molar-refractivity contribution in [2.75, 3.05) is 5.43 Å². The molecule has 4 rings (SSSR count). The first kappa shape index (κ1) is 17.8. The minimum absolute atomic E-state index is 0.678. The van der Waals surface area contributed by atoms with Gasteiger partial charge in [0.1, 0.15) is 11.5 Å². The highest BCUT2D eigenvalue weighted by atomic mass is 35.5. The van der Waals surface area contributed by atoms with Gasteiger partial charge in [0.25, 0.3) is 0 Å². The van der Waals surface area contributed by atoms with Gasteiger partial charge in [0.2, 0.25) is 5.13 Å². The highest BCUT2D eigenvalue weighted by molar-refractivity contribution is 7.22. The summed E-state index contributed by atoms with van der Waals surface area (Å²) in [6.07, 6.45) is 1.73. The van der Waals surface area contributed by atoms with Crippen molar-refractivity contribution < 1.29 is 4.74 Å². The van der Waals surface area contributed by atoms with Crippen LogP contribution < -0.4 is 10.2 Å². The van der Waals surface area contributed by atoms with Crippen LogP contribution in [0, 0.1) is 0 Å². The van der Waals surface area contributed by atoms with E-state index in [2.05, 4.69) is 15.5 Å². The number of halogens is 2. The van der Waals surface area contributed by atoms with Crippen LogP contribution in [0.2, 0.25) is 10.0 Å². The van der Waals surface area contributed by atoms with Crippen LogP contribution in [-0.2, 0) is 0 Å². The fraction of sp³-hybridized carbons (Fsp3) is 0. The first-order valence-corrected chi connectivity index (χ1v) is 9.62. The van der Waals surface area contributed by atoms with E-state index in [-0.39, 0.29) is 0 Å². The normalized spacial score (nSPS) is 11.2. The zero-order chi connectivity index (χ0) is 18.6. The first-order chi connectivity index (χ1) is 13.2. The van der Waals surface area contributed by atoms with Crippen LogP contribution in [0.15, 0.2) is 71.8 Å². The van der Waals surface area contributed by atoms with Gasteiger partial charge in [-0.15, -0.1) is 0 Å². The smallest absolute Gasteiger partial charge is 0.204 e. The van der Waals surface area contributed by atoms with E-state index in [1.807, 2.05) is 54.6 Å². The molecule has 4 nitrogen and oxygen atoms in total. The second-order valence-electron chi connectivity index (χ2n) is 5.63. The molecule has 0 aliphatic carbocycles. The van der Waals surface area contributed by atoms with Crippen molar-refractivity contribution in [2.45, 2.75) is 0 Å². The molecule has 0 atom stereocenters. The molecule has 0 aliphatic heterocycles. The average molecular weight is 414 g/mol. The predicted molar refractivity (Wildman–Crippen MR) is 114 cm³/mol. The number of aromatic nitrogens is 1. The number of ether oxygens (including phenoxy) is 1. The Balaban J connectivity index is 1.39. The molecular weight excluding hydrogens is 401 g/mol. The van der Waals surface area contributed by atoms with Gasteiger partial charge in [-0.25, -0.2) is 4.98 Å². The maximum absolute atomic E-state index is 6.00. The molecule has 4 aromatic rings. The molecule has 1 aromatic heterocycles. The molecular formula is C20H13Cl2N3OS. The molecule has 0 saturated carbocycles. The van der Waals surface area contributed by atoms with Gasteiger partial charge in [-0.05, 0) is 72.3 Å². The Hall–Kier alpha value is -2.60. The highest BCUT2D eigenvalue weighted by Gasteiger charge is 2.03. The maximum Gasteiger partial charge on any atom is 0.204 e. The third-order valence-corrected chi connectivity index (χ3v) is 5.06. The van der Waals surface area contributed by atoms with Crippen LogP contribution in [0.25, 0.3) is 10.2 Å². The Labute approximate surface area is 170 Å². The van der Waals surface area contributed by atoms with Gasteiger partial charge in [0.05, 0.1) is 16.4 Å². The predicted octanol–water partition coefficient (Wildman–Crippen LogP) is 6.84. The molecule has 0 fully saturated rings. The molecule has 27 heavy (non-hydrogen) atoms. The molecule has 1 N–H and O–H groups in total. The number of benzene rings is 3. The minimum Gasteiger partial charge on any atom is -0.457 e. The van der Waals surface area contributed by atoms with Crippen molar-refractivity contribution in [1.29, 1.82) is 0 Å². The maximum atomic E-state index is 6.00. The van der Waals surface area contributed by atoms with Crippen LogP contribution in [0.1, 0.15) is 5.56 Å². The summed E-state index contributed by atoms with van der Waals surface area (Å²) in [6, 6.07) is 20.5. The van der Waals surface area contributed by atoms with E-state index in [1.54, 1.807) is 18.3 Å². The third-order valence-electron chi connectivity index (χ3n) is 3.65. The molecule has 134 valence electrons. The van der Waals surface area contributed by atoms with Gasteiger partial charge in [-0.2, -0.15) is 5.10 Å². The number of anilines is 1. The van der Waals surface area contributed by atoms with Crippen molar-refractivity contribution >= 4 is 56.1 Å². The SMILES string of the molecule is Clc1ccc(Oc2ccc(/C=N\Nc3nc4ccc(Cl)cc4s3)cc2)cc1. The highest BCUT2D eigenvalue weighted by Crippen LogP contribution is 2.28. The summed E-state index contributed by atoms with van der Waals surface area (Å²) in [5, 5.41) is 6.33. The van der Waals surface area contributed by atoms with Crippen molar-refractivity contribution in [3.8, 4) is 11.5 Å². The zero-order valence-corrected chi connectivity index (χ0v) is 16.2. The van der Waals surface area contributed by atoms with Gasteiger partial charge in [-0.1, -0.05) is 34.5 Å². The van der Waals surface area contributed by atoms with Crippen LogP contribution in [0.5, 0.6) is 11.5 Å². The minimum atomic E-state index is 0.678. The number of nitrogens with one attached hydrogen (secondary N) is 1. The Bertz CT molecular complexity index is 1090. The lowest BCUT2D eigenvalue weighted by Crippen LogP contribution is -1.90. The fourth-order valence-electron chi connectivity index (χ4n) is 2.37. The topological polar surface area (TPSA) is 46.5 Å². The molecule has 7 heteroatoms. The summed E-state index contributed by atoms with van der Waals surface area (Å²) in [4.78, 5) is 4.46. The Morgan fingerprint density at radius 1 is 0.889 bits per heavy atom. The van der Waals surface area contributed by atoms with Gasteiger partial charge in [0.15, 0.2) is 0 Å². The lowest BCUT2D eigenvalue weighted by Gasteiger charge is -2.05. The van der Waals surface area contributed by atoms with Gasteiger partial charge >= 0.3 is 0 Å². The lowest BCUT2D eigenvalue weighted by atomic mass is 10.2. The number of hydrogen-bond acceptors (Lipinski definition) is 5. The van der Waals surface area contributed by atoms with E-state index >= 15 is 0 Å². The molecule has 0 spiro atoms. The van der Waals surface area contributed by atoms with Crippen LogP contribution in [0.3, 0.4) is 0 Å². The number of nitrogens with zero attached hydrogens (tertiary/aromatic N) is 2. The van der Waals surface area contributed by atoms with E-state index in [9.17, 15) is 0 Å². The van der Waals surface area contributed by atoms with Crippen LogP contribution >= 0.6 is 34.5 Å². The lowest BCUT2D eigenvalue weighted by molar-refractivity contribution is 0.482. The average Bonchev–Trinajstić information content (AvgIpc) is 3.07. The number of rotatable bonds is 5. The summed E-state index contributed by atoms with van der Waals surface area (Å²) in [5.74, 6) is 1.48. The summed E-state index contributed by atoms with van der Waals surface area (Å²) in [7, 11) is 0. The second-order valence-corrected chi connectivity index (χ2v) is 7.53. The summed E-state index contributed by atoms with van der Waals surface area (Å²) >= 11 is 13.4. The largest absolute Gasteiger partial charge is 0.457 e. The van der Waals surface area contributed by atoms with E-state index in [1.165, 1.54) is 11.3 Å². The van der Waals surface area contributed by atoms with Crippen LogP contribution in [-0.4, -0.2) is 11.2 Å². The molecule has 0 bridgehead atoms. The number of hydrazone groups is 1. The van der Waals surface area contributed by atoms with E-state index in [4.69, 9.17) is 27.9 Å². The van der Waals surface area contributed by atoms with E-state index < -0.39 is 0 Å². The molecule has 0 aliphatic rings. The molecule has 3 aromatic carbocycles. The monoisotopic (exact) mass is 413 g/mol. The third kappa shape index (κ3) is 4.57. The quantitative estimate of drug-likeness (QED) is 0.287. The molecule has 1 heterocycles. The van der Waals surface area contributed by atoms with E-state index in [0.29, 0.717) is 15.2 Å². The Kier molecular flexibility index (Phi) is 5.25. The fourth-order valence-corrected chi connectivity index (χ4v) is 3.59. The molecule has 0 amide bonds. The number of hydrogen-bond donors (Lipinski definition) is 1. The van der Waals surface area contributed by atoms with Gasteiger partial charge < -0.3 is 4.74 Å².